The lowest BCUT2D eigenvalue weighted by atomic mass is 9.99. The van der Waals surface area contributed by atoms with Crippen LogP contribution in [-0.2, 0) is 35.2 Å². The topological polar surface area (TPSA) is 273 Å². The van der Waals surface area contributed by atoms with Crippen molar-refractivity contribution in [2.75, 3.05) is 13.6 Å². The van der Waals surface area contributed by atoms with Crippen molar-refractivity contribution in [3.8, 4) is 0 Å². The third kappa shape index (κ3) is 16.2. The largest absolute Gasteiger partial charge is 0.480 e. The van der Waals surface area contributed by atoms with E-state index in [0.29, 0.717) is 12.8 Å². The zero-order valence-corrected chi connectivity index (χ0v) is 28.5. The number of carbonyl (C=O) groups is 6. The summed E-state index contributed by atoms with van der Waals surface area (Å²) in [6.07, 6.45) is 0.439. The van der Waals surface area contributed by atoms with Crippen molar-refractivity contribution in [3.05, 3.63) is 35.9 Å². The van der Waals surface area contributed by atoms with Crippen molar-refractivity contribution in [2.45, 2.75) is 96.4 Å². The fourth-order valence-electron chi connectivity index (χ4n) is 4.84. The van der Waals surface area contributed by atoms with Crippen LogP contribution in [0.1, 0.15) is 65.4 Å². The van der Waals surface area contributed by atoms with Gasteiger partial charge in [0.05, 0.1) is 12.5 Å². The van der Waals surface area contributed by atoms with Gasteiger partial charge in [0.25, 0.3) is 0 Å². The smallest absolute Gasteiger partial charge is 0.326 e. The first-order valence-electron chi connectivity index (χ1n) is 16.0. The van der Waals surface area contributed by atoms with Crippen LogP contribution in [0.4, 0.5) is 0 Å². The number of hydrogen-bond acceptors (Lipinski definition) is 8. The number of primary amides is 1. The van der Waals surface area contributed by atoms with Gasteiger partial charge in [0.2, 0.25) is 29.5 Å². The zero-order chi connectivity index (χ0) is 36.4. The van der Waals surface area contributed by atoms with Crippen molar-refractivity contribution in [1.82, 2.24) is 26.6 Å². The lowest BCUT2D eigenvalue weighted by molar-refractivity contribution is -0.143. The molecule has 5 atom stereocenters. The Bertz CT molecular complexity index is 1250. The van der Waals surface area contributed by atoms with Gasteiger partial charge < -0.3 is 48.9 Å². The molecule has 0 spiro atoms. The molecule has 0 heterocycles. The first-order valence-corrected chi connectivity index (χ1v) is 16.0. The molecule has 0 aliphatic rings. The van der Waals surface area contributed by atoms with Gasteiger partial charge in [-0.05, 0) is 56.6 Å². The van der Waals surface area contributed by atoms with Gasteiger partial charge in [-0.15, -0.1) is 0 Å². The van der Waals surface area contributed by atoms with Crippen LogP contribution in [0.2, 0.25) is 0 Å². The number of carbonyl (C=O) groups excluding carboxylic acids is 5. The normalized spacial score (nSPS) is 14.1. The molecule has 1 rings (SSSR count). The van der Waals surface area contributed by atoms with E-state index in [1.54, 1.807) is 7.05 Å². The maximum atomic E-state index is 13.6. The van der Waals surface area contributed by atoms with E-state index in [1.807, 2.05) is 58.0 Å². The van der Waals surface area contributed by atoms with E-state index < -0.39 is 66.2 Å². The SMILES string of the molecule is CN[C@@H](Cc1ccccc1)C(=O)N[C@@H](CC(C)C)C(=O)N[C@@H](CC(C)C)C(=O)N[C@@H](CCCN=C(N)N)C(=O)N[C@@H](CC(N)=O)C(=O)O. The molecule has 0 fully saturated rings. The van der Waals surface area contributed by atoms with E-state index in [-0.39, 0.29) is 49.5 Å². The number of hydrogen-bond donors (Lipinski definition) is 9. The first-order chi connectivity index (χ1) is 22.5. The van der Waals surface area contributed by atoms with Crippen LogP contribution in [-0.4, -0.2) is 90.4 Å². The minimum absolute atomic E-state index is 0.00153. The number of benzene rings is 1. The molecule has 0 saturated carbocycles. The van der Waals surface area contributed by atoms with Crippen LogP contribution in [0.15, 0.2) is 35.3 Å². The van der Waals surface area contributed by atoms with Gasteiger partial charge >= 0.3 is 5.97 Å². The van der Waals surface area contributed by atoms with Crippen LogP contribution in [0.5, 0.6) is 0 Å². The molecule has 0 saturated heterocycles. The maximum absolute atomic E-state index is 13.6. The van der Waals surface area contributed by atoms with E-state index in [0.717, 1.165) is 5.56 Å². The summed E-state index contributed by atoms with van der Waals surface area (Å²) in [6.45, 7) is 7.62. The molecule has 268 valence electrons. The molecule has 0 aromatic heterocycles. The second kappa shape index (κ2) is 21.2. The summed E-state index contributed by atoms with van der Waals surface area (Å²) in [5, 5.41) is 22.9. The fourth-order valence-corrected chi connectivity index (χ4v) is 4.84. The molecule has 48 heavy (non-hydrogen) atoms. The Morgan fingerprint density at radius 1 is 0.708 bits per heavy atom. The molecule has 0 aliphatic heterocycles. The molecular formula is C32H53N9O7. The number of nitrogens with two attached hydrogens (primary N) is 3. The third-order valence-corrected chi connectivity index (χ3v) is 7.23. The Hall–Kier alpha value is -4.73. The fraction of sp³-hybridized carbons (Fsp3) is 0.594. The van der Waals surface area contributed by atoms with Crippen molar-refractivity contribution in [3.63, 3.8) is 0 Å². The number of nitrogens with one attached hydrogen (secondary N) is 5. The Morgan fingerprint density at radius 2 is 1.17 bits per heavy atom. The van der Waals surface area contributed by atoms with Crippen molar-refractivity contribution >= 4 is 41.5 Å². The third-order valence-electron chi connectivity index (χ3n) is 7.23. The van der Waals surface area contributed by atoms with E-state index in [2.05, 4.69) is 31.6 Å². The number of amides is 5. The van der Waals surface area contributed by atoms with E-state index in [9.17, 15) is 33.9 Å². The number of likely N-dealkylation sites (N-methyl/N-ethyl adjacent to an activating group) is 1. The highest BCUT2D eigenvalue weighted by Gasteiger charge is 2.33. The van der Waals surface area contributed by atoms with Gasteiger partial charge in [-0.2, -0.15) is 0 Å². The second-order valence-corrected chi connectivity index (χ2v) is 12.5. The summed E-state index contributed by atoms with van der Waals surface area (Å²) in [7, 11) is 1.66. The Kier molecular flexibility index (Phi) is 18.2. The number of nitrogens with zero attached hydrogens (tertiary/aromatic N) is 1. The summed E-state index contributed by atoms with van der Waals surface area (Å²) in [5.41, 5.74) is 16.8. The Morgan fingerprint density at radius 3 is 1.60 bits per heavy atom. The molecule has 0 radical (unpaired) electrons. The first kappa shape index (κ1) is 41.3. The van der Waals surface area contributed by atoms with Crippen molar-refractivity contribution in [1.29, 1.82) is 0 Å². The number of rotatable bonds is 22. The molecule has 5 amide bonds. The number of aliphatic imine (C=N–C) groups is 1. The van der Waals surface area contributed by atoms with Gasteiger partial charge in [0.1, 0.15) is 24.2 Å². The molecule has 16 heteroatoms. The van der Waals surface area contributed by atoms with Crippen molar-refractivity contribution in [2.24, 2.45) is 34.0 Å². The van der Waals surface area contributed by atoms with Crippen LogP contribution < -0.4 is 43.8 Å². The van der Waals surface area contributed by atoms with E-state index >= 15 is 0 Å². The summed E-state index contributed by atoms with van der Waals surface area (Å²) >= 11 is 0. The quantitative estimate of drug-likeness (QED) is 0.0405. The molecule has 12 N–H and O–H groups in total. The molecule has 16 nitrogen and oxygen atoms in total. The lowest BCUT2D eigenvalue weighted by Gasteiger charge is -2.28. The standard InChI is InChI=1S/C32H53N9O7/c1-18(2)14-23(29(45)38-21(12-9-13-37-32(34)35)27(43)41-25(31(47)48)17-26(33)42)40-30(46)24(15-19(3)4)39-28(44)22(36-5)16-20-10-7-6-8-11-20/h6-8,10-11,18-19,21-25,36H,9,12-17H2,1-5H3,(H2,33,42)(H,38,45)(H,39,44)(H,40,46)(H,41,43)(H,47,48)(H4,34,35,37)/t21-,22-,23-,24-,25-/m0/s1. The average Bonchev–Trinajstić information content (AvgIpc) is 2.99. The van der Waals surface area contributed by atoms with Gasteiger partial charge in [-0.1, -0.05) is 58.0 Å². The number of aliphatic carboxylic acids is 1. The number of carboxylic acid groups (broad SMARTS) is 1. The lowest BCUT2D eigenvalue weighted by Crippen LogP contribution is -2.59. The monoisotopic (exact) mass is 675 g/mol. The summed E-state index contributed by atoms with van der Waals surface area (Å²) in [6, 6.07) is 3.85. The summed E-state index contributed by atoms with van der Waals surface area (Å²) in [4.78, 5) is 80.6. The average molecular weight is 676 g/mol. The summed E-state index contributed by atoms with van der Waals surface area (Å²) in [5.74, 6) is -5.19. The van der Waals surface area contributed by atoms with E-state index in [4.69, 9.17) is 17.2 Å². The van der Waals surface area contributed by atoms with Gasteiger partial charge in [-0.25, -0.2) is 4.79 Å². The van der Waals surface area contributed by atoms with Crippen molar-refractivity contribution < 1.29 is 33.9 Å². The number of guanidine groups is 1. The zero-order valence-electron chi connectivity index (χ0n) is 28.5. The summed E-state index contributed by atoms with van der Waals surface area (Å²) < 4.78 is 0. The van der Waals surface area contributed by atoms with Crippen LogP contribution in [0.25, 0.3) is 0 Å². The number of carboxylic acids is 1. The second-order valence-electron chi connectivity index (χ2n) is 12.5. The van der Waals surface area contributed by atoms with Gasteiger partial charge in [-0.3, -0.25) is 29.0 Å². The highest BCUT2D eigenvalue weighted by Crippen LogP contribution is 2.11. The van der Waals surface area contributed by atoms with Gasteiger partial charge in [0, 0.05) is 6.54 Å². The van der Waals surface area contributed by atoms with Crippen LogP contribution >= 0.6 is 0 Å². The highest BCUT2D eigenvalue weighted by atomic mass is 16.4. The molecule has 1 aromatic carbocycles. The Labute approximate surface area is 281 Å². The predicted octanol–water partition coefficient (Wildman–Crippen LogP) is -1.14. The molecule has 0 bridgehead atoms. The predicted molar refractivity (Wildman–Crippen MR) is 181 cm³/mol. The maximum Gasteiger partial charge on any atom is 0.326 e. The van der Waals surface area contributed by atoms with E-state index in [1.165, 1.54) is 0 Å². The molecule has 0 unspecified atom stereocenters. The molecular weight excluding hydrogens is 622 g/mol. The highest BCUT2D eigenvalue weighted by molar-refractivity contribution is 5.96. The molecule has 1 aromatic rings. The van der Waals surface area contributed by atoms with Crippen LogP contribution in [0, 0.1) is 11.8 Å². The van der Waals surface area contributed by atoms with Crippen LogP contribution in [0.3, 0.4) is 0 Å². The van der Waals surface area contributed by atoms with Gasteiger partial charge in [0.15, 0.2) is 5.96 Å². The molecule has 0 aliphatic carbocycles. The minimum atomic E-state index is -1.62. The Balaban J connectivity index is 3.20. The minimum Gasteiger partial charge on any atom is -0.480 e.